The van der Waals surface area contributed by atoms with Gasteiger partial charge in [0.05, 0.1) is 0 Å². The standard InChI is InChI=1S/C14H20.Li.H/c1-2-14(11-7-4-8-12-14)13-9-5-3-6-10-13;;/h3,5-6,9-10H,2,4,7-8,11-12H2,1H3;;/q;+1;-1. The Morgan fingerprint density at radius 2 is 1.67 bits per heavy atom. The van der Waals surface area contributed by atoms with Gasteiger partial charge < -0.3 is 1.43 Å². The van der Waals surface area contributed by atoms with E-state index in [4.69, 9.17) is 0 Å². The Morgan fingerprint density at radius 3 is 2.20 bits per heavy atom. The van der Waals surface area contributed by atoms with Crippen molar-refractivity contribution in [3.63, 3.8) is 0 Å². The van der Waals surface area contributed by atoms with Crippen LogP contribution in [-0.4, -0.2) is 0 Å². The molecule has 78 valence electrons. The van der Waals surface area contributed by atoms with E-state index in [1.165, 1.54) is 38.5 Å². The first-order valence-corrected chi connectivity index (χ1v) is 5.93. The molecule has 0 amide bonds. The van der Waals surface area contributed by atoms with Gasteiger partial charge in [0.2, 0.25) is 0 Å². The van der Waals surface area contributed by atoms with Crippen molar-refractivity contribution in [2.45, 2.75) is 50.9 Å². The van der Waals surface area contributed by atoms with Gasteiger partial charge >= 0.3 is 18.9 Å². The average Bonchev–Trinajstić information content (AvgIpc) is 2.31. The summed E-state index contributed by atoms with van der Waals surface area (Å²) in [6, 6.07) is 11.1. The van der Waals surface area contributed by atoms with Gasteiger partial charge in [-0.2, -0.15) is 0 Å². The van der Waals surface area contributed by atoms with E-state index in [0.717, 1.165) is 0 Å². The molecule has 1 saturated carbocycles. The topological polar surface area (TPSA) is 0 Å². The zero-order chi connectivity index (χ0) is 9.86. The molecule has 0 bridgehead atoms. The van der Waals surface area contributed by atoms with E-state index < -0.39 is 0 Å². The van der Waals surface area contributed by atoms with Crippen LogP contribution in [0.2, 0.25) is 0 Å². The van der Waals surface area contributed by atoms with Crippen molar-refractivity contribution in [3.8, 4) is 0 Å². The second-order valence-corrected chi connectivity index (χ2v) is 4.56. The summed E-state index contributed by atoms with van der Waals surface area (Å²) in [7, 11) is 0. The summed E-state index contributed by atoms with van der Waals surface area (Å²) in [5, 5.41) is 0. The van der Waals surface area contributed by atoms with Crippen LogP contribution in [0.3, 0.4) is 0 Å². The number of hydrogen-bond acceptors (Lipinski definition) is 0. The quantitative estimate of drug-likeness (QED) is 0.627. The van der Waals surface area contributed by atoms with Gasteiger partial charge in [-0.15, -0.1) is 0 Å². The third-order valence-corrected chi connectivity index (χ3v) is 3.87. The molecular formula is C14H21Li. The van der Waals surface area contributed by atoms with E-state index in [9.17, 15) is 0 Å². The first kappa shape index (κ1) is 12.9. The van der Waals surface area contributed by atoms with Crippen LogP contribution in [0.25, 0.3) is 0 Å². The molecule has 0 N–H and O–H groups in total. The third kappa shape index (κ3) is 2.68. The summed E-state index contributed by atoms with van der Waals surface area (Å²) >= 11 is 0. The molecule has 1 aromatic rings. The molecule has 15 heavy (non-hydrogen) atoms. The van der Waals surface area contributed by atoms with Crippen LogP contribution in [0.4, 0.5) is 0 Å². The largest absolute Gasteiger partial charge is 1.00 e. The predicted molar refractivity (Wildman–Crippen MR) is 62.6 cm³/mol. The predicted octanol–water partition coefficient (Wildman–Crippen LogP) is 1.41. The summed E-state index contributed by atoms with van der Waals surface area (Å²) in [6.07, 6.45) is 8.37. The van der Waals surface area contributed by atoms with Crippen LogP contribution >= 0.6 is 0 Å². The van der Waals surface area contributed by atoms with Gasteiger partial charge in [-0.1, -0.05) is 56.5 Å². The van der Waals surface area contributed by atoms with Gasteiger partial charge in [0, 0.05) is 0 Å². The van der Waals surface area contributed by atoms with Crippen LogP contribution < -0.4 is 18.9 Å². The Morgan fingerprint density at radius 1 is 1.07 bits per heavy atom. The van der Waals surface area contributed by atoms with E-state index in [1.54, 1.807) is 5.56 Å². The van der Waals surface area contributed by atoms with Gasteiger partial charge in [0.15, 0.2) is 0 Å². The third-order valence-electron chi connectivity index (χ3n) is 3.87. The first-order valence-electron chi connectivity index (χ1n) is 5.93. The van der Waals surface area contributed by atoms with Crippen molar-refractivity contribution in [2.75, 3.05) is 0 Å². The molecule has 0 aliphatic heterocycles. The minimum absolute atomic E-state index is 0. The Labute approximate surface area is 107 Å². The molecule has 0 aromatic heterocycles. The van der Waals surface area contributed by atoms with E-state index in [-0.39, 0.29) is 20.3 Å². The van der Waals surface area contributed by atoms with Gasteiger partial charge in [-0.05, 0) is 30.2 Å². The van der Waals surface area contributed by atoms with Crippen molar-refractivity contribution < 1.29 is 20.3 Å². The molecule has 1 fully saturated rings. The summed E-state index contributed by atoms with van der Waals surface area (Å²) in [4.78, 5) is 0. The van der Waals surface area contributed by atoms with E-state index in [1.807, 2.05) is 0 Å². The molecule has 0 nitrogen and oxygen atoms in total. The fraction of sp³-hybridized carbons (Fsp3) is 0.571. The number of benzene rings is 1. The van der Waals surface area contributed by atoms with Gasteiger partial charge in [-0.3, -0.25) is 0 Å². The van der Waals surface area contributed by atoms with Crippen LogP contribution in [0, 0.1) is 0 Å². The van der Waals surface area contributed by atoms with Crippen molar-refractivity contribution in [1.29, 1.82) is 0 Å². The second kappa shape index (κ2) is 5.78. The SMILES string of the molecule is CCC1(c2ccccc2)CCCCC1.[H-].[Li+]. The Kier molecular flexibility index (Phi) is 4.97. The molecule has 0 heterocycles. The molecule has 2 rings (SSSR count). The van der Waals surface area contributed by atoms with Gasteiger partial charge in [0.1, 0.15) is 0 Å². The zero-order valence-electron chi connectivity index (χ0n) is 11.1. The van der Waals surface area contributed by atoms with Crippen molar-refractivity contribution >= 4 is 0 Å². The normalized spacial score (nSPS) is 19.3. The Balaban J connectivity index is 0.00000112. The molecule has 0 radical (unpaired) electrons. The van der Waals surface area contributed by atoms with Gasteiger partial charge in [-0.25, -0.2) is 0 Å². The summed E-state index contributed by atoms with van der Waals surface area (Å²) in [5.41, 5.74) is 2.08. The average molecular weight is 196 g/mol. The van der Waals surface area contributed by atoms with Crippen LogP contribution in [-0.2, 0) is 5.41 Å². The molecule has 1 heteroatoms. The van der Waals surface area contributed by atoms with Crippen molar-refractivity contribution in [1.82, 2.24) is 0 Å². The fourth-order valence-electron chi connectivity index (χ4n) is 2.87. The monoisotopic (exact) mass is 196 g/mol. The minimum atomic E-state index is 0. The molecule has 1 aromatic carbocycles. The Bertz CT molecular complexity index is 278. The fourth-order valence-corrected chi connectivity index (χ4v) is 2.87. The van der Waals surface area contributed by atoms with Crippen molar-refractivity contribution in [2.24, 2.45) is 0 Å². The maximum Gasteiger partial charge on any atom is 1.00 e. The summed E-state index contributed by atoms with van der Waals surface area (Å²) in [5.74, 6) is 0. The maximum atomic E-state index is 2.35. The summed E-state index contributed by atoms with van der Waals surface area (Å²) < 4.78 is 0. The first-order chi connectivity index (χ1) is 6.87. The Hall–Kier alpha value is -0.183. The molecule has 0 saturated heterocycles. The molecule has 0 spiro atoms. The van der Waals surface area contributed by atoms with Crippen LogP contribution in [0.1, 0.15) is 52.4 Å². The molecule has 1 aliphatic rings. The molecule has 0 unspecified atom stereocenters. The van der Waals surface area contributed by atoms with Crippen molar-refractivity contribution in [3.05, 3.63) is 35.9 Å². The smallest absolute Gasteiger partial charge is 1.00 e. The maximum absolute atomic E-state index is 2.35. The minimum Gasteiger partial charge on any atom is -1.00 e. The molecule has 1 aliphatic carbocycles. The van der Waals surface area contributed by atoms with E-state index >= 15 is 0 Å². The zero-order valence-corrected chi connectivity index (χ0v) is 10.1. The van der Waals surface area contributed by atoms with E-state index in [0.29, 0.717) is 5.41 Å². The molecular weight excluding hydrogens is 175 g/mol. The number of rotatable bonds is 2. The van der Waals surface area contributed by atoms with E-state index in [2.05, 4.69) is 37.3 Å². The van der Waals surface area contributed by atoms with Gasteiger partial charge in [0.25, 0.3) is 0 Å². The molecule has 0 atom stereocenters. The summed E-state index contributed by atoms with van der Waals surface area (Å²) in [6.45, 7) is 2.35. The number of hydrogen-bond donors (Lipinski definition) is 0. The van der Waals surface area contributed by atoms with Crippen LogP contribution in [0.5, 0.6) is 0 Å². The van der Waals surface area contributed by atoms with Crippen LogP contribution in [0.15, 0.2) is 30.3 Å². The second-order valence-electron chi connectivity index (χ2n) is 4.56.